The third-order valence-corrected chi connectivity index (χ3v) is 3.55. The highest BCUT2D eigenvalue weighted by Gasteiger charge is 2.36. The number of hydrogen-bond acceptors (Lipinski definition) is 5. The first-order valence-corrected chi connectivity index (χ1v) is 7.10. The van der Waals surface area contributed by atoms with Crippen LogP contribution in [0.5, 0.6) is 0 Å². The molecule has 2 N–H and O–H groups in total. The zero-order chi connectivity index (χ0) is 15.9. The van der Waals surface area contributed by atoms with Crippen molar-refractivity contribution in [3.8, 4) is 0 Å². The number of likely N-dealkylation sites (tertiary alicyclic amines) is 1. The summed E-state index contributed by atoms with van der Waals surface area (Å²) >= 11 is 0. The Morgan fingerprint density at radius 3 is 2.77 bits per heavy atom. The lowest BCUT2D eigenvalue weighted by molar-refractivity contribution is -0.149. The zero-order valence-corrected chi connectivity index (χ0v) is 12.4. The third kappa shape index (κ3) is 4.19. The number of hydroxylamine groups is 1. The topological polar surface area (TPSA) is 88.1 Å². The molecule has 1 aliphatic rings. The van der Waals surface area contributed by atoms with Crippen molar-refractivity contribution in [2.75, 3.05) is 13.7 Å². The molecule has 0 bridgehead atoms. The van der Waals surface area contributed by atoms with Gasteiger partial charge in [0.15, 0.2) is 0 Å². The predicted octanol–water partition coefficient (Wildman–Crippen LogP) is 0.826. The average Bonchev–Trinajstić information content (AvgIpc) is 2.54. The molecule has 0 saturated carbocycles. The summed E-state index contributed by atoms with van der Waals surface area (Å²) in [7, 11) is 1.26. The summed E-state index contributed by atoms with van der Waals surface area (Å²) in [4.78, 5) is 30.3. The molecule has 1 aromatic rings. The molecule has 1 saturated heterocycles. The van der Waals surface area contributed by atoms with E-state index in [0.29, 0.717) is 6.42 Å². The summed E-state index contributed by atoms with van der Waals surface area (Å²) in [5.74, 6) is -0.544. The van der Waals surface area contributed by atoms with Crippen LogP contribution in [-0.4, -0.2) is 47.8 Å². The second-order valence-corrected chi connectivity index (χ2v) is 5.09. The number of amides is 2. The van der Waals surface area contributed by atoms with Crippen molar-refractivity contribution in [3.63, 3.8) is 0 Å². The Bertz CT molecular complexity index is 508. The van der Waals surface area contributed by atoms with Crippen molar-refractivity contribution in [2.24, 2.45) is 0 Å². The average molecular weight is 308 g/mol. The number of carbonyl (C=O) groups is 2. The fraction of sp³-hybridized carbons (Fsp3) is 0.467. The minimum absolute atomic E-state index is 0.165. The quantitative estimate of drug-likeness (QED) is 0.635. The number of benzene rings is 1. The molecule has 7 heteroatoms. The molecule has 0 aliphatic carbocycles. The van der Waals surface area contributed by atoms with Crippen LogP contribution in [0, 0.1) is 0 Å². The minimum Gasteiger partial charge on any atom is -0.467 e. The van der Waals surface area contributed by atoms with Gasteiger partial charge in [0.25, 0.3) is 0 Å². The fourth-order valence-corrected chi connectivity index (χ4v) is 2.36. The molecule has 1 fully saturated rings. The monoisotopic (exact) mass is 308 g/mol. The maximum atomic E-state index is 12.1. The number of piperidine rings is 1. The van der Waals surface area contributed by atoms with Gasteiger partial charge in [-0.1, -0.05) is 30.3 Å². The van der Waals surface area contributed by atoms with Gasteiger partial charge in [-0.3, -0.25) is 4.84 Å². The van der Waals surface area contributed by atoms with Crippen LogP contribution >= 0.6 is 0 Å². The Balaban J connectivity index is 1.88. The number of aliphatic hydroxyl groups excluding tert-OH is 1. The molecule has 0 radical (unpaired) electrons. The van der Waals surface area contributed by atoms with Crippen molar-refractivity contribution >= 4 is 12.0 Å². The zero-order valence-electron chi connectivity index (χ0n) is 12.4. The number of aliphatic hydroxyl groups is 1. The van der Waals surface area contributed by atoms with Gasteiger partial charge in [0.1, 0.15) is 6.04 Å². The Morgan fingerprint density at radius 1 is 1.36 bits per heavy atom. The van der Waals surface area contributed by atoms with Crippen LogP contribution < -0.4 is 5.48 Å². The molecule has 120 valence electrons. The van der Waals surface area contributed by atoms with E-state index in [1.165, 1.54) is 12.0 Å². The molecule has 7 nitrogen and oxygen atoms in total. The van der Waals surface area contributed by atoms with Crippen LogP contribution in [0.25, 0.3) is 0 Å². The summed E-state index contributed by atoms with van der Waals surface area (Å²) in [6.45, 7) is 0.493. The molecule has 1 aliphatic heterocycles. The SMILES string of the molecule is COC(=O)[C@@H]1C[C@H](O)CCN1C(=O)NOCc1ccccc1. The lowest BCUT2D eigenvalue weighted by atomic mass is 10.00. The maximum Gasteiger partial charge on any atom is 0.342 e. The van der Waals surface area contributed by atoms with Crippen LogP contribution in [-0.2, 0) is 21.0 Å². The van der Waals surface area contributed by atoms with E-state index in [1.54, 1.807) is 0 Å². The maximum absolute atomic E-state index is 12.1. The third-order valence-electron chi connectivity index (χ3n) is 3.55. The predicted molar refractivity (Wildman–Crippen MR) is 77.5 cm³/mol. The van der Waals surface area contributed by atoms with Gasteiger partial charge in [-0.2, -0.15) is 0 Å². The van der Waals surface area contributed by atoms with Crippen molar-refractivity contribution in [1.29, 1.82) is 0 Å². The van der Waals surface area contributed by atoms with Crippen molar-refractivity contribution in [3.05, 3.63) is 35.9 Å². The smallest absolute Gasteiger partial charge is 0.342 e. The van der Waals surface area contributed by atoms with E-state index in [4.69, 9.17) is 4.84 Å². The van der Waals surface area contributed by atoms with Gasteiger partial charge >= 0.3 is 12.0 Å². The summed E-state index contributed by atoms with van der Waals surface area (Å²) in [6, 6.07) is 8.08. The number of hydrogen-bond donors (Lipinski definition) is 2. The summed E-state index contributed by atoms with van der Waals surface area (Å²) in [5, 5.41) is 9.65. The molecule has 0 unspecified atom stereocenters. The summed E-state index contributed by atoms with van der Waals surface area (Å²) in [5.41, 5.74) is 3.24. The molecule has 2 atom stereocenters. The minimum atomic E-state index is -0.797. The van der Waals surface area contributed by atoms with Gasteiger partial charge in [0.2, 0.25) is 0 Å². The number of ether oxygens (including phenoxy) is 1. The van der Waals surface area contributed by atoms with Gasteiger partial charge < -0.3 is 14.7 Å². The van der Waals surface area contributed by atoms with Gasteiger partial charge in [0.05, 0.1) is 19.8 Å². The van der Waals surface area contributed by atoms with E-state index in [-0.39, 0.29) is 19.6 Å². The first-order valence-electron chi connectivity index (χ1n) is 7.10. The van der Waals surface area contributed by atoms with Gasteiger partial charge in [-0.25, -0.2) is 15.1 Å². The van der Waals surface area contributed by atoms with Gasteiger partial charge in [-0.05, 0) is 12.0 Å². The second-order valence-electron chi connectivity index (χ2n) is 5.09. The molecular formula is C15H20N2O5. The van der Waals surface area contributed by atoms with E-state index in [1.807, 2.05) is 30.3 Å². The first kappa shape index (κ1) is 16.3. The second kappa shape index (κ2) is 7.77. The highest BCUT2D eigenvalue weighted by Crippen LogP contribution is 2.18. The Kier molecular flexibility index (Phi) is 5.74. The van der Waals surface area contributed by atoms with E-state index in [0.717, 1.165) is 5.56 Å². The Morgan fingerprint density at radius 2 is 2.09 bits per heavy atom. The lowest BCUT2D eigenvalue weighted by Gasteiger charge is -2.35. The largest absolute Gasteiger partial charge is 0.467 e. The molecule has 2 rings (SSSR count). The van der Waals surface area contributed by atoms with E-state index < -0.39 is 24.1 Å². The van der Waals surface area contributed by atoms with Crippen molar-refractivity contribution < 1.29 is 24.3 Å². The number of methoxy groups -OCH3 is 1. The highest BCUT2D eigenvalue weighted by molar-refractivity contribution is 5.83. The van der Waals surface area contributed by atoms with Crippen LogP contribution in [0.3, 0.4) is 0 Å². The Hall–Kier alpha value is -2.12. The first-order chi connectivity index (χ1) is 10.6. The van der Waals surface area contributed by atoms with Crippen LogP contribution in [0.4, 0.5) is 4.79 Å². The standard InChI is InChI=1S/C15H20N2O5/c1-21-14(19)13-9-12(18)7-8-17(13)15(20)16-22-10-11-5-3-2-4-6-11/h2-6,12-13,18H,7-10H2,1H3,(H,16,20)/t12-,13+/m1/s1. The van der Waals surface area contributed by atoms with Crippen LogP contribution in [0.15, 0.2) is 30.3 Å². The molecule has 1 heterocycles. The normalized spacial score (nSPS) is 21.3. The Labute approximate surface area is 128 Å². The number of nitrogens with zero attached hydrogens (tertiary/aromatic N) is 1. The molecule has 0 aromatic heterocycles. The number of nitrogens with one attached hydrogen (secondary N) is 1. The van der Waals surface area contributed by atoms with Crippen molar-refractivity contribution in [1.82, 2.24) is 10.4 Å². The van der Waals surface area contributed by atoms with Crippen LogP contribution in [0.1, 0.15) is 18.4 Å². The van der Waals surface area contributed by atoms with E-state index >= 15 is 0 Å². The number of rotatable bonds is 4. The molecule has 22 heavy (non-hydrogen) atoms. The number of esters is 1. The summed E-state index contributed by atoms with van der Waals surface area (Å²) in [6.07, 6.45) is -0.0309. The fourth-order valence-electron chi connectivity index (χ4n) is 2.36. The molecule has 1 aromatic carbocycles. The van der Waals surface area contributed by atoms with E-state index in [9.17, 15) is 14.7 Å². The van der Waals surface area contributed by atoms with Gasteiger partial charge in [-0.15, -0.1) is 0 Å². The van der Waals surface area contributed by atoms with E-state index in [2.05, 4.69) is 10.2 Å². The lowest BCUT2D eigenvalue weighted by Crippen LogP contribution is -2.54. The molecular weight excluding hydrogens is 288 g/mol. The number of carbonyl (C=O) groups excluding carboxylic acids is 2. The van der Waals surface area contributed by atoms with Gasteiger partial charge in [0, 0.05) is 13.0 Å². The van der Waals surface area contributed by atoms with Crippen molar-refractivity contribution in [2.45, 2.75) is 31.6 Å². The number of urea groups is 1. The highest BCUT2D eigenvalue weighted by atomic mass is 16.7. The summed E-state index contributed by atoms with van der Waals surface area (Å²) < 4.78 is 4.68. The molecule has 0 spiro atoms. The molecule has 2 amide bonds. The van der Waals surface area contributed by atoms with Crippen LogP contribution in [0.2, 0.25) is 0 Å².